The minimum Gasteiger partial charge on any atom is -0.491 e. The number of aromatic nitrogens is 3. The summed E-state index contributed by atoms with van der Waals surface area (Å²) >= 11 is 1.44. The zero-order chi connectivity index (χ0) is 23.8. The zero-order valence-corrected chi connectivity index (χ0v) is 19.8. The van der Waals surface area contributed by atoms with Crippen molar-refractivity contribution < 1.29 is 14.6 Å². The fourth-order valence-electron chi connectivity index (χ4n) is 3.48. The Morgan fingerprint density at radius 1 is 0.971 bits per heavy atom. The lowest BCUT2D eigenvalue weighted by Crippen LogP contribution is -2.20. The van der Waals surface area contributed by atoms with E-state index in [0.717, 1.165) is 22.2 Å². The highest BCUT2D eigenvalue weighted by Gasteiger charge is 2.17. The van der Waals surface area contributed by atoms with Crippen molar-refractivity contribution in [2.24, 2.45) is 0 Å². The third kappa shape index (κ3) is 6.12. The van der Waals surface area contributed by atoms with Crippen LogP contribution in [0.4, 0.5) is 0 Å². The number of benzene rings is 3. The molecular weight excluding hydrogens is 446 g/mol. The minimum absolute atomic E-state index is 0.0946. The van der Waals surface area contributed by atoms with E-state index in [9.17, 15) is 9.90 Å². The van der Waals surface area contributed by atoms with Crippen molar-refractivity contribution in [1.29, 1.82) is 0 Å². The van der Waals surface area contributed by atoms with E-state index in [-0.39, 0.29) is 12.4 Å². The lowest BCUT2D eigenvalue weighted by molar-refractivity contribution is 0.0987. The van der Waals surface area contributed by atoms with Crippen LogP contribution in [0.25, 0.3) is 5.69 Å². The van der Waals surface area contributed by atoms with E-state index in [2.05, 4.69) is 22.3 Å². The topological polar surface area (TPSA) is 77.2 Å². The molecule has 0 saturated carbocycles. The standard InChI is InChI=1S/C27H27N3O3S/c1-2-25(32)21-13-15-24(16-14-21)33-18-23(31)19-34-27-29-28-26(17-20-9-5-3-6-10-20)30(27)22-11-7-4-8-12-22/h3-16,23,31H,2,17-19H2,1H3. The van der Waals surface area contributed by atoms with Crippen molar-refractivity contribution in [2.45, 2.75) is 31.0 Å². The molecule has 1 aromatic heterocycles. The van der Waals surface area contributed by atoms with Crippen LogP contribution < -0.4 is 4.74 Å². The molecule has 1 atom stereocenters. The molecule has 0 spiro atoms. The molecule has 1 N–H and O–H groups in total. The van der Waals surface area contributed by atoms with Crippen LogP contribution in [0.15, 0.2) is 90.1 Å². The van der Waals surface area contributed by atoms with Crippen molar-refractivity contribution in [3.8, 4) is 11.4 Å². The van der Waals surface area contributed by atoms with E-state index in [0.29, 0.717) is 29.9 Å². The maximum atomic E-state index is 11.7. The van der Waals surface area contributed by atoms with E-state index in [1.807, 2.05) is 60.0 Å². The average Bonchev–Trinajstić information content (AvgIpc) is 3.29. The van der Waals surface area contributed by atoms with Gasteiger partial charge < -0.3 is 9.84 Å². The third-order valence-electron chi connectivity index (χ3n) is 5.26. The summed E-state index contributed by atoms with van der Waals surface area (Å²) in [6.45, 7) is 1.98. The zero-order valence-electron chi connectivity index (χ0n) is 19.0. The van der Waals surface area contributed by atoms with E-state index in [4.69, 9.17) is 4.74 Å². The van der Waals surface area contributed by atoms with Gasteiger partial charge in [0.2, 0.25) is 0 Å². The van der Waals surface area contributed by atoms with Gasteiger partial charge in [-0.15, -0.1) is 10.2 Å². The van der Waals surface area contributed by atoms with Crippen LogP contribution in [0.3, 0.4) is 0 Å². The van der Waals surface area contributed by atoms with Gasteiger partial charge >= 0.3 is 0 Å². The van der Waals surface area contributed by atoms with Crippen LogP contribution in [0, 0.1) is 0 Å². The van der Waals surface area contributed by atoms with Gasteiger partial charge in [0, 0.05) is 29.8 Å². The molecule has 1 heterocycles. The molecule has 6 nitrogen and oxygen atoms in total. The lowest BCUT2D eigenvalue weighted by Gasteiger charge is -2.13. The molecule has 34 heavy (non-hydrogen) atoms. The molecule has 0 aliphatic carbocycles. The van der Waals surface area contributed by atoms with Gasteiger partial charge in [0.05, 0.1) is 6.10 Å². The molecule has 1 unspecified atom stereocenters. The summed E-state index contributed by atoms with van der Waals surface area (Å²) in [6, 6.07) is 27.2. The molecule has 4 rings (SSSR count). The second-order valence-electron chi connectivity index (χ2n) is 7.81. The Labute approximate surface area is 203 Å². The molecule has 4 aromatic rings. The van der Waals surface area contributed by atoms with Crippen LogP contribution in [0.5, 0.6) is 5.75 Å². The van der Waals surface area contributed by atoms with Gasteiger partial charge in [0.15, 0.2) is 10.9 Å². The fraction of sp³-hybridized carbons (Fsp3) is 0.222. The summed E-state index contributed by atoms with van der Waals surface area (Å²) in [5.41, 5.74) is 2.80. The summed E-state index contributed by atoms with van der Waals surface area (Å²) in [5.74, 6) is 1.96. The number of Topliss-reactive ketones (excluding diaryl/α,β-unsaturated/α-hetero) is 1. The number of aliphatic hydroxyl groups excluding tert-OH is 1. The second kappa shape index (κ2) is 11.6. The molecule has 0 fully saturated rings. The van der Waals surface area contributed by atoms with Crippen molar-refractivity contribution in [3.05, 3.63) is 102 Å². The van der Waals surface area contributed by atoms with Gasteiger partial charge in [-0.3, -0.25) is 9.36 Å². The Kier molecular flexibility index (Phi) is 8.12. The van der Waals surface area contributed by atoms with E-state index in [1.165, 1.54) is 11.8 Å². The number of ether oxygens (including phenoxy) is 1. The Balaban J connectivity index is 1.40. The van der Waals surface area contributed by atoms with E-state index >= 15 is 0 Å². The Morgan fingerprint density at radius 3 is 2.32 bits per heavy atom. The lowest BCUT2D eigenvalue weighted by atomic mass is 10.1. The second-order valence-corrected chi connectivity index (χ2v) is 8.80. The third-order valence-corrected chi connectivity index (χ3v) is 6.34. The smallest absolute Gasteiger partial charge is 0.195 e. The molecule has 3 aromatic carbocycles. The number of rotatable bonds is 11. The van der Waals surface area contributed by atoms with Crippen LogP contribution >= 0.6 is 11.8 Å². The number of carbonyl (C=O) groups is 1. The number of carbonyl (C=O) groups excluding carboxylic acids is 1. The van der Waals surface area contributed by atoms with Gasteiger partial charge in [0.1, 0.15) is 18.2 Å². The van der Waals surface area contributed by atoms with Crippen molar-refractivity contribution in [3.63, 3.8) is 0 Å². The summed E-state index contributed by atoms with van der Waals surface area (Å²) in [6.07, 6.45) is 0.433. The molecule has 0 aliphatic heterocycles. The Bertz CT molecular complexity index is 1200. The molecule has 0 radical (unpaired) electrons. The quantitative estimate of drug-likeness (QED) is 0.244. The first-order valence-corrected chi connectivity index (χ1v) is 12.2. The van der Waals surface area contributed by atoms with Crippen molar-refractivity contribution in [2.75, 3.05) is 12.4 Å². The molecular formula is C27H27N3O3S. The van der Waals surface area contributed by atoms with Crippen molar-refractivity contribution in [1.82, 2.24) is 14.8 Å². The van der Waals surface area contributed by atoms with Gasteiger partial charge in [-0.2, -0.15) is 0 Å². The molecule has 174 valence electrons. The first-order valence-electron chi connectivity index (χ1n) is 11.2. The van der Waals surface area contributed by atoms with Gasteiger partial charge in [0.25, 0.3) is 0 Å². The van der Waals surface area contributed by atoms with Crippen LogP contribution in [-0.2, 0) is 6.42 Å². The predicted molar refractivity (Wildman–Crippen MR) is 134 cm³/mol. The van der Waals surface area contributed by atoms with Gasteiger partial charge in [-0.1, -0.05) is 67.2 Å². The highest BCUT2D eigenvalue weighted by atomic mass is 32.2. The van der Waals surface area contributed by atoms with E-state index < -0.39 is 6.10 Å². The van der Waals surface area contributed by atoms with Crippen LogP contribution in [0.2, 0.25) is 0 Å². The number of aliphatic hydroxyl groups is 1. The molecule has 0 saturated heterocycles. The predicted octanol–water partition coefficient (Wildman–Crippen LogP) is 4.98. The monoisotopic (exact) mass is 473 g/mol. The average molecular weight is 474 g/mol. The number of ketones is 1. The van der Waals surface area contributed by atoms with Crippen molar-refractivity contribution >= 4 is 17.5 Å². The SMILES string of the molecule is CCC(=O)c1ccc(OCC(O)CSc2nnc(Cc3ccccc3)n2-c2ccccc2)cc1. The highest BCUT2D eigenvalue weighted by Crippen LogP contribution is 2.24. The molecule has 0 bridgehead atoms. The number of thioether (sulfide) groups is 1. The van der Waals surface area contributed by atoms with E-state index in [1.54, 1.807) is 24.3 Å². The summed E-state index contributed by atoms with van der Waals surface area (Å²) in [4.78, 5) is 11.7. The Morgan fingerprint density at radius 2 is 1.65 bits per heavy atom. The first kappa shape index (κ1) is 23.7. The summed E-state index contributed by atoms with van der Waals surface area (Å²) < 4.78 is 7.74. The Hall–Kier alpha value is -3.42. The normalized spacial score (nSPS) is 11.8. The van der Waals surface area contributed by atoms with Gasteiger partial charge in [-0.25, -0.2) is 0 Å². The highest BCUT2D eigenvalue weighted by molar-refractivity contribution is 7.99. The maximum Gasteiger partial charge on any atom is 0.195 e. The van der Waals surface area contributed by atoms with Crippen LogP contribution in [-0.4, -0.2) is 44.1 Å². The molecule has 7 heteroatoms. The molecule has 0 amide bonds. The number of nitrogens with zero attached hydrogens (tertiary/aromatic N) is 3. The summed E-state index contributed by atoms with van der Waals surface area (Å²) in [7, 11) is 0. The van der Waals surface area contributed by atoms with Gasteiger partial charge in [-0.05, 0) is 42.0 Å². The first-order chi connectivity index (χ1) is 16.6. The van der Waals surface area contributed by atoms with Crippen LogP contribution in [0.1, 0.15) is 35.1 Å². The number of hydrogen-bond acceptors (Lipinski definition) is 6. The largest absolute Gasteiger partial charge is 0.491 e. The fourth-order valence-corrected chi connectivity index (χ4v) is 4.35. The maximum absolute atomic E-state index is 11.7. The minimum atomic E-state index is -0.694. The molecule has 0 aliphatic rings. The number of hydrogen-bond donors (Lipinski definition) is 1. The summed E-state index contributed by atoms with van der Waals surface area (Å²) in [5, 5.41) is 20.1. The number of para-hydroxylation sites is 1.